The highest BCUT2D eigenvalue weighted by Gasteiger charge is 2.14. The fourth-order valence-corrected chi connectivity index (χ4v) is 2.87. The van der Waals surface area contributed by atoms with Crippen LogP contribution in [0.3, 0.4) is 0 Å². The van der Waals surface area contributed by atoms with Crippen molar-refractivity contribution in [2.45, 2.75) is 4.90 Å². The molecule has 0 fully saturated rings. The zero-order valence-electron chi connectivity index (χ0n) is 11.4. The van der Waals surface area contributed by atoms with Gasteiger partial charge in [-0.15, -0.1) is 0 Å². The summed E-state index contributed by atoms with van der Waals surface area (Å²) < 4.78 is 33.5. The van der Waals surface area contributed by atoms with Crippen molar-refractivity contribution < 1.29 is 22.4 Å². The van der Waals surface area contributed by atoms with E-state index in [2.05, 4.69) is 4.74 Å². The van der Waals surface area contributed by atoms with Gasteiger partial charge in [-0.2, -0.15) is 0 Å². The zero-order chi connectivity index (χ0) is 15.2. The predicted molar refractivity (Wildman–Crippen MR) is 78.2 cm³/mol. The summed E-state index contributed by atoms with van der Waals surface area (Å²) >= 11 is 0. The fraction of sp³-hybridized carbons (Fsp3) is 0.133. The average molecular weight is 304 g/mol. The molecule has 0 aliphatic carbocycles. The summed E-state index contributed by atoms with van der Waals surface area (Å²) in [6, 6.07) is 9.72. The van der Waals surface area contributed by atoms with Crippen molar-refractivity contribution in [3.63, 3.8) is 0 Å². The first-order chi connectivity index (χ1) is 9.90. The van der Waals surface area contributed by atoms with Crippen molar-refractivity contribution in [1.82, 2.24) is 0 Å². The van der Waals surface area contributed by atoms with Crippen molar-refractivity contribution in [3.8, 4) is 0 Å². The van der Waals surface area contributed by atoms with Gasteiger partial charge in [-0.05, 0) is 30.3 Å². The van der Waals surface area contributed by atoms with Crippen molar-refractivity contribution in [3.05, 3.63) is 42.0 Å². The maximum atomic E-state index is 11.6. The molecule has 0 atom stereocenters. The van der Waals surface area contributed by atoms with E-state index in [9.17, 15) is 13.2 Å². The van der Waals surface area contributed by atoms with E-state index in [0.29, 0.717) is 16.7 Å². The van der Waals surface area contributed by atoms with Crippen LogP contribution in [0.5, 0.6) is 0 Å². The van der Waals surface area contributed by atoms with E-state index in [1.54, 1.807) is 30.3 Å². The number of benzene rings is 2. The van der Waals surface area contributed by atoms with Crippen LogP contribution in [0, 0.1) is 0 Å². The molecule has 0 aliphatic heterocycles. The van der Waals surface area contributed by atoms with E-state index in [1.807, 2.05) is 0 Å². The fourth-order valence-electron chi connectivity index (χ4n) is 2.23. The molecule has 0 aliphatic rings. The first-order valence-electron chi connectivity index (χ1n) is 6.15. The van der Waals surface area contributed by atoms with Crippen molar-refractivity contribution in [1.29, 1.82) is 0 Å². The van der Waals surface area contributed by atoms with E-state index >= 15 is 0 Å². The smallest absolute Gasteiger partial charge is 0.337 e. The van der Waals surface area contributed by atoms with Crippen LogP contribution < -0.4 is 0 Å². The van der Waals surface area contributed by atoms with Crippen LogP contribution in [-0.2, 0) is 14.6 Å². The second-order valence-corrected chi connectivity index (χ2v) is 6.75. The third-order valence-electron chi connectivity index (χ3n) is 3.29. The Morgan fingerprint density at radius 2 is 1.67 bits per heavy atom. The largest absolute Gasteiger partial charge is 0.465 e. The highest BCUT2D eigenvalue weighted by atomic mass is 32.2. The van der Waals surface area contributed by atoms with Crippen LogP contribution in [-0.4, -0.2) is 27.8 Å². The first kappa shape index (κ1) is 13.6. The lowest BCUT2D eigenvalue weighted by atomic mass is 10.1. The van der Waals surface area contributed by atoms with E-state index in [1.165, 1.54) is 13.2 Å². The summed E-state index contributed by atoms with van der Waals surface area (Å²) in [4.78, 5) is 11.7. The minimum Gasteiger partial charge on any atom is -0.465 e. The lowest BCUT2D eigenvalue weighted by molar-refractivity contribution is 0.0601. The number of hydrogen-bond donors (Lipinski definition) is 0. The molecule has 108 valence electrons. The number of carbonyl (C=O) groups is 1. The quantitative estimate of drug-likeness (QED) is 0.681. The van der Waals surface area contributed by atoms with Gasteiger partial charge in [-0.25, -0.2) is 13.2 Å². The molecule has 0 radical (unpaired) electrons. The Morgan fingerprint density at radius 3 is 2.29 bits per heavy atom. The normalized spacial score (nSPS) is 11.9. The van der Waals surface area contributed by atoms with Crippen LogP contribution in [0.15, 0.2) is 45.7 Å². The predicted octanol–water partition coefficient (Wildman–Crippen LogP) is 2.78. The van der Waals surface area contributed by atoms with E-state index in [4.69, 9.17) is 4.42 Å². The minimum absolute atomic E-state index is 0.197. The lowest BCUT2D eigenvalue weighted by Gasteiger charge is -1.98. The standard InChI is InChI=1S/C15H12O5S/c1-19-15(16)9-3-5-11-12-6-4-10(21(2,17)18)8-14(12)20-13(11)7-9/h3-8H,1-2H3. The number of fused-ring (bicyclic) bond motifs is 3. The van der Waals surface area contributed by atoms with Crippen LogP contribution in [0.4, 0.5) is 0 Å². The van der Waals surface area contributed by atoms with Crippen LogP contribution in [0.2, 0.25) is 0 Å². The second-order valence-electron chi connectivity index (χ2n) is 4.73. The Bertz CT molecular complexity index is 966. The van der Waals surface area contributed by atoms with Crippen molar-refractivity contribution in [2.24, 2.45) is 0 Å². The molecule has 0 saturated carbocycles. The Kier molecular flexibility index (Phi) is 2.98. The van der Waals surface area contributed by atoms with Gasteiger partial charge in [0.25, 0.3) is 0 Å². The number of rotatable bonds is 2. The number of furan rings is 1. The molecule has 0 unspecified atom stereocenters. The van der Waals surface area contributed by atoms with Gasteiger partial charge in [0.15, 0.2) is 9.84 Å². The summed E-state index contributed by atoms with van der Waals surface area (Å²) in [7, 11) is -1.98. The molecule has 3 aromatic rings. The van der Waals surface area contributed by atoms with Gasteiger partial charge >= 0.3 is 5.97 Å². The molecule has 6 heteroatoms. The zero-order valence-corrected chi connectivity index (χ0v) is 12.2. The van der Waals surface area contributed by atoms with Gasteiger partial charge in [-0.1, -0.05) is 0 Å². The van der Waals surface area contributed by atoms with Crippen LogP contribution >= 0.6 is 0 Å². The molecular formula is C15H12O5S. The molecule has 1 aromatic heterocycles. The van der Waals surface area contributed by atoms with E-state index in [-0.39, 0.29) is 4.90 Å². The second kappa shape index (κ2) is 4.60. The summed E-state index contributed by atoms with van der Waals surface area (Å²) in [5, 5.41) is 1.62. The molecule has 0 spiro atoms. The molecular weight excluding hydrogens is 292 g/mol. The highest BCUT2D eigenvalue weighted by Crippen LogP contribution is 2.31. The molecule has 3 rings (SSSR count). The molecule has 1 heterocycles. The third kappa shape index (κ3) is 2.27. The van der Waals surface area contributed by atoms with Crippen LogP contribution in [0.1, 0.15) is 10.4 Å². The summed E-state index contributed by atoms with van der Waals surface area (Å²) in [5.74, 6) is -0.450. The van der Waals surface area contributed by atoms with E-state index in [0.717, 1.165) is 17.0 Å². The van der Waals surface area contributed by atoms with E-state index < -0.39 is 15.8 Å². The maximum Gasteiger partial charge on any atom is 0.337 e. The van der Waals surface area contributed by atoms with Crippen LogP contribution in [0.25, 0.3) is 21.9 Å². The van der Waals surface area contributed by atoms with Crippen molar-refractivity contribution in [2.75, 3.05) is 13.4 Å². The number of carbonyl (C=O) groups excluding carboxylic acids is 1. The number of ether oxygens (including phenoxy) is 1. The van der Waals surface area contributed by atoms with Gasteiger partial charge in [0.05, 0.1) is 17.6 Å². The summed E-state index contributed by atoms with van der Waals surface area (Å²) in [5.41, 5.74) is 1.36. The Morgan fingerprint density at radius 1 is 1.05 bits per heavy atom. The van der Waals surface area contributed by atoms with Gasteiger partial charge in [-0.3, -0.25) is 0 Å². The number of hydrogen-bond acceptors (Lipinski definition) is 5. The third-order valence-corrected chi connectivity index (χ3v) is 4.40. The average Bonchev–Trinajstić information content (AvgIpc) is 2.81. The molecule has 0 saturated heterocycles. The monoisotopic (exact) mass is 304 g/mol. The summed E-state index contributed by atoms with van der Waals surface area (Å²) in [6.45, 7) is 0. The Balaban J connectivity index is 2.26. The molecule has 21 heavy (non-hydrogen) atoms. The van der Waals surface area contributed by atoms with Crippen molar-refractivity contribution >= 4 is 37.7 Å². The van der Waals surface area contributed by atoms with Gasteiger partial charge in [0.1, 0.15) is 11.2 Å². The van der Waals surface area contributed by atoms with Gasteiger partial charge in [0, 0.05) is 23.1 Å². The first-order valence-corrected chi connectivity index (χ1v) is 8.04. The topological polar surface area (TPSA) is 73.6 Å². The molecule has 0 bridgehead atoms. The maximum absolute atomic E-state index is 11.6. The molecule has 5 nitrogen and oxygen atoms in total. The number of sulfone groups is 1. The number of methoxy groups -OCH3 is 1. The lowest BCUT2D eigenvalue weighted by Crippen LogP contribution is -1.99. The molecule has 2 aromatic carbocycles. The molecule has 0 amide bonds. The highest BCUT2D eigenvalue weighted by molar-refractivity contribution is 7.90. The Labute approximate surface area is 121 Å². The summed E-state index contributed by atoms with van der Waals surface area (Å²) in [6.07, 6.45) is 1.15. The minimum atomic E-state index is -3.29. The SMILES string of the molecule is COC(=O)c1ccc2c(c1)oc1cc(S(C)(=O)=O)ccc12. The molecule has 0 N–H and O–H groups in total. The number of esters is 1. The Hall–Kier alpha value is -2.34. The van der Waals surface area contributed by atoms with Gasteiger partial charge < -0.3 is 9.15 Å². The van der Waals surface area contributed by atoms with Gasteiger partial charge in [0.2, 0.25) is 0 Å².